The minimum atomic E-state index is -0.732. The average Bonchev–Trinajstić information content (AvgIpc) is 3.28. The zero-order valence-electron chi connectivity index (χ0n) is 16.8. The third-order valence-corrected chi connectivity index (χ3v) is 5.62. The van der Waals surface area contributed by atoms with Crippen LogP contribution < -0.4 is 4.57 Å². The van der Waals surface area contributed by atoms with Crippen LogP contribution in [0.2, 0.25) is 0 Å². The predicted molar refractivity (Wildman–Crippen MR) is 110 cm³/mol. The molecule has 3 heterocycles. The number of imidazole rings is 1. The molecule has 8 heteroatoms. The number of aromatic nitrogens is 2. The maximum Gasteiger partial charge on any atom is 0.407 e. The minimum Gasteiger partial charge on any atom is -0.504 e. The van der Waals surface area contributed by atoms with E-state index in [1.54, 1.807) is 29.8 Å². The Morgan fingerprint density at radius 3 is 2.40 bits per heavy atom. The number of aliphatic imine (C=N–C) groups is 1. The highest BCUT2D eigenvalue weighted by Crippen LogP contribution is 2.37. The molecule has 3 aromatic rings. The second-order valence-electron chi connectivity index (χ2n) is 7.52. The monoisotopic (exact) mass is 402 g/mol. The molecule has 8 nitrogen and oxygen atoms in total. The largest absolute Gasteiger partial charge is 0.504 e. The Morgan fingerprint density at radius 1 is 1.00 bits per heavy atom. The number of amidine groups is 1. The second-order valence-corrected chi connectivity index (χ2v) is 7.52. The molecule has 0 bridgehead atoms. The van der Waals surface area contributed by atoms with Crippen molar-refractivity contribution in [2.24, 2.45) is 4.99 Å². The van der Waals surface area contributed by atoms with Crippen LogP contribution in [-0.4, -0.2) is 51.3 Å². The van der Waals surface area contributed by atoms with E-state index in [-0.39, 0.29) is 11.7 Å². The van der Waals surface area contributed by atoms with Crippen molar-refractivity contribution in [1.29, 1.82) is 0 Å². The molecule has 1 N–H and O–H groups in total. The molecule has 0 radical (unpaired) electrons. The number of rotatable bonds is 2. The van der Waals surface area contributed by atoms with Crippen molar-refractivity contribution in [3.05, 3.63) is 60.3 Å². The van der Waals surface area contributed by atoms with E-state index in [1.165, 1.54) is 11.9 Å². The molecule has 0 spiro atoms. The molecule has 1 fully saturated rings. The van der Waals surface area contributed by atoms with Gasteiger partial charge in [0.2, 0.25) is 11.9 Å². The Bertz CT molecular complexity index is 1240. The summed E-state index contributed by atoms with van der Waals surface area (Å²) in [5, 5.41) is 10.6. The molecule has 1 unspecified atom stereocenters. The summed E-state index contributed by atoms with van der Waals surface area (Å²) in [5.74, 6) is 0.589. The molecule has 150 valence electrons. The van der Waals surface area contributed by atoms with Gasteiger partial charge in [0.05, 0.1) is 0 Å². The lowest BCUT2D eigenvalue weighted by Gasteiger charge is -2.30. The zero-order chi connectivity index (χ0) is 21.2. The van der Waals surface area contributed by atoms with E-state index in [2.05, 4.69) is 4.99 Å². The number of imide groups is 1. The number of urea groups is 1. The van der Waals surface area contributed by atoms with Crippen molar-refractivity contribution in [2.45, 2.75) is 13.0 Å². The van der Waals surface area contributed by atoms with Crippen molar-refractivity contribution in [3.8, 4) is 22.7 Å². The van der Waals surface area contributed by atoms with Gasteiger partial charge in [-0.2, -0.15) is 4.57 Å². The van der Waals surface area contributed by atoms with Crippen LogP contribution in [-0.2, 0) is 4.79 Å². The van der Waals surface area contributed by atoms with E-state index in [0.29, 0.717) is 17.5 Å². The Labute approximate surface area is 172 Å². The third kappa shape index (κ3) is 2.40. The number of phenols is 1. The molecule has 1 atom stereocenters. The van der Waals surface area contributed by atoms with Gasteiger partial charge in [0.1, 0.15) is 17.6 Å². The predicted octanol–water partition coefficient (Wildman–Crippen LogP) is 2.55. The molecule has 2 aromatic carbocycles. The number of phenolic OH excluding ortho intramolecular Hbond substituents is 1. The summed E-state index contributed by atoms with van der Waals surface area (Å²) in [6.45, 7) is 2.01. The summed E-state index contributed by atoms with van der Waals surface area (Å²) < 4.78 is 3.58. The molecule has 1 aromatic heterocycles. The quantitative estimate of drug-likeness (QED) is 0.669. The Balaban J connectivity index is 1.80. The summed E-state index contributed by atoms with van der Waals surface area (Å²) in [4.78, 5) is 32.5. The van der Waals surface area contributed by atoms with E-state index in [0.717, 1.165) is 21.7 Å². The first kappa shape index (κ1) is 18.1. The van der Waals surface area contributed by atoms with Gasteiger partial charge in [-0.15, -0.1) is 0 Å². The second kappa shape index (κ2) is 6.28. The molecule has 5 rings (SSSR count). The van der Waals surface area contributed by atoms with Crippen LogP contribution >= 0.6 is 0 Å². The van der Waals surface area contributed by atoms with Gasteiger partial charge < -0.3 is 5.11 Å². The molecule has 0 saturated carbocycles. The number of para-hydroxylation sites is 2. The fraction of sp³-hybridized carbons (Fsp3) is 0.182. The summed E-state index contributed by atoms with van der Waals surface area (Å²) in [6.07, 6.45) is 1.85. The fourth-order valence-electron chi connectivity index (χ4n) is 3.96. The molecule has 1 saturated heterocycles. The average molecular weight is 402 g/mol. The first-order valence-electron chi connectivity index (χ1n) is 9.54. The third-order valence-electron chi connectivity index (χ3n) is 5.62. The molecule has 0 aliphatic carbocycles. The van der Waals surface area contributed by atoms with Crippen LogP contribution in [0.1, 0.15) is 11.6 Å². The molecule has 2 aliphatic heterocycles. The van der Waals surface area contributed by atoms with Crippen LogP contribution in [0, 0.1) is 6.92 Å². The fourth-order valence-corrected chi connectivity index (χ4v) is 3.96. The summed E-state index contributed by atoms with van der Waals surface area (Å²) >= 11 is 0. The van der Waals surface area contributed by atoms with Crippen molar-refractivity contribution >= 4 is 23.7 Å². The highest BCUT2D eigenvalue weighted by Gasteiger charge is 2.52. The molecular formula is C22H20N5O3+. The number of benzene rings is 2. The molecule has 2 aliphatic rings. The maximum absolute atomic E-state index is 12.9. The number of carbonyl (C=O) groups excluding carboxylic acids is 2. The first-order valence-corrected chi connectivity index (χ1v) is 9.54. The van der Waals surface area contributed by atoms with Crippen molar-refractivity contribution in [1.82, 2.24) is 14.4 Å². The number of aryl methyl sites for hydroxylation is 1. The van der Waals surface area contributed by atoms with Crippen LogP contribution in [0.15, 0.2) is 59.7 Å². The number of aromatic hydroxyl groups is 1. The van der Waals surface area contributed by atoms with Crippen LogP contribution in [0.4, 0.5) is 10.7 Å². The standard InChI is InChI=1S/C22H19N5O3/c1-13-8-10-14(11-9-13)16-12-26-18-19(24(2)22(30)25(3)20(18)29)23-21(26)27(16)15-6-4-5-7-17(15)28/h4-12,18H,1-3H3/p+1. The number of carbonyl (C=O) groups is 2. The van der Waals surface area contributed by atoms with Gasteiger partial charge in [0.15, 0.2) is 5.75 Å². The van der Waals surface area contributed by atoms with Crippen molar-refractivity contribution in [3.63, 3.8) is 0 Å². The van der Waals surface area contributed by atoms with Gasteiger partial charge in [-0.05, 0) is 19.1 Å². The number of fused-ring (bicyclic) bond motifs is 3. The Morgan fingerprint density at radius 2 is 1.70 bits per heavy atom. The van der Waals surface area contributed by atoms with Gasteiger partial charge in [-0.1, -0.05) is 47.0 Å². The number of nitrogens with zero attached hydrogens (tertiary/aromatic N) is 5. The summed E-state index contributed by atoms with van der Waals surface area (Å²) in [7, 11) is 3.08. The molecular weight excluding hydrogens is 382 g/mol. The molecule has 30 heavy (non-hydrogen) atoms. The van der Waals surface area contributed by atoms with E-state index in [9.17, 15) is 14.7 Å². The van der Waals surface area contributed by atoms with Gasteiger partial charge in [0, 0.05) is 19.7 Å². The first-order chi connectivity index (χ1) is 14.4. The Kier molecular flexibility index (Phi) is 3.79. The van der Waals surface area contributed by atoms with Gasteiger partial charge >= 0.3 is 12.0 Å². The van der Waals surface area contributed by atoms with Crippen LogP contribution in [0.5, 0.6) is 5.75 Å². The highest BCUT2D eigenvalue weighted by molar-refractivity contribution is 6.18. The van der Waals surface area contributed by atoms with Gasteiger partial charge in [-0.3, -0.25) is 14.6 Å². The normalized spacial score (nSPS) is 17.8. The van der Waals surface area contributed by atoms with E-state index in [4.69, 9.17) is 0 Å². The number of amides is 3. The smallest absolute Gasteiger partial charge is 0.407 e. The Hall–Kier alpha value is -3.94. The number of hydrogen-bond acceptors (Lipinski definition) is 4. The van der Waals surface area contributed by atoms with E-state index in [1.807, 2.05) is 48.0 Å². The highest BCUT2D eigenvalue weighted by atomic mass is 16.3. The van der Waals surface area contributed by atoms with Crippen LogP contribution in [0.25, 0.3) is 16.9 Å². The van der Waals surface area contributed by atoms with Gasteiger partial charge in [-0.25, -0.2) is 9.36 Å². The SMILES string of the molecule is Cc1ccc(-c2c[n+]3c(n2-c2ccccc2O)N=C2C3C(=O)N(C)C(=O)N2C)cc1. The van der Waals surface area contributed by atoms with Gasteiger partial charge in [0.25, 0.3) is 5.91 Å². The topological polar surface area (TPSA) is 82.0 Å². The maximum atomic E-state index is 12.9. The minimum absolute atomic E-state index is 0.0906. The summed E-state index contributed by atoms with van der Waals surface area (Å²) in [5.41, 5.74) is 3.37. The lowest BCUT2D eigenvalue weighted by molar-refractivity contribution is -0.676. The number of likely N-dealkylation sites (N-methyl/N-ethyl adjacent to an activating group) is 2. The van der Waals surface area contributed by atoms with Crippen LogP contribution in [0.3, 0.4) is 0 Å². The zero-order valence-corrected chi connectivity index (χ0v) is 16.8. The lowest BCUT2D eigenvalue weighted by Crippen LogP contribution is -2.61. The van der Waals surface area contributed by atoms with Crippen molar-refractivity contribution in [2.75, 3.05) is 14.1 Å². The lowest BCUT2D eigenvalue weighted by atomic mass is 10.1. The van der Waals surface area contributed by atoms with E-state index >= 15 is 0 Å². The summed E-state index contributed by atoms with van der Waals surface area (Å²) in [6, 6.07) is 13.8. The molecule has 3 amide bonds. The number of hydrogen-bond donors (Lipinski definition) is 1. The van der Waals surface area contributed by atoms with E-state index < -0.39 is 12.1 Å². The van der Waals surface area contributed by atoms with Crippen molar-refractivity contribution < 1.29 is 19.3 Å².